The minimum Gasteiger partial charge on any atom is -0.392 e. The number of nitrogens with zero attached hydrogens (tertiary/aromatic N) is 2. The number of rotatable bonds is 13. The van der Waals surface area contributed by atoms with E-state index in [1.165, 1.54) is 56.9 Å². The number of unbranched alkanes of at least 4 members (excludes halogenated alkanes) is 7. The number of aliphatic hydroxyl groups excluding tert-OH is 1. The topological polar surface area (TPSA) is 100 Å². The lowest BCUT2D eigenvalue weighted by Crippen LogP contribution is -2.40. The first-order chi connectivity index (χ1) is 15.2. The highest BCUT2D eigenvalue weighted by molar-refractivity contribution is 5.85. The van der Waals surface area contributed by atoms with Crippen LogP contribution in [0.5, 0.6) is 0 Å². The van der Waals surface area contributed by atoms with Crippen molar-refractivity contribution in [2.24, 2.45) is 0 Å². The lowest BCUT2D eigenvalue weighted by molar-refractivity contribution is -0.123. The summed E-state index contributed by atoms with van der Waals surface area (Å²) in [5.74, 6) is 0.726. The van der Waals surface area contributed by atoms with Crippen LogP contribution < -0.4 is 10.6 Å². The second kappa shape index (κ2) is 14.2. The minimum atomic E-state index is -0.468. The van der Waals surface area contributed by atoms with E-state index in [0.717, 1.165) is 12.0 Å². The molecular formula is C24H37ClN4O3. The summed E-state index contributed by atoms with van der Waals surface area (Å²) in [6.07, 6.45) is 11.7. The third-order valence-electron chi connectivity index (χ3n) is 5.84. The van der Waals surface area contributed by atoms with Crippen LogP contribution in [-0.2, 0) is 17.8 Å². The number of aliphatic hydroxyl groups is 1. The summed E-state index contributed by atoms with van der Waals surface area (Å²) in [6.45, 7) is 2.87. The standard InChI is InChI=1S/C24H36N4O3.ClH/c1-2-3-4-5-6-7-8-9-10-18-11-13-19(14-12-18)23-27-22(31-28-23)17-26-24(30)21-15-20(29)16-25-21;/h11-14,20-21,25,29H,2-10,15-17H2,1H3,(H,26,30);1H. The second-order valence-electron chi connectivity index (χ2n) is 8.50. The SMILES string of the molecule is CCCCCCCCCCc1ccc(-c2noc(CNC(=O)C3CC(O)CN3)n2)cc1.Cl. The van der Waals surface area contributed by atoms with E-state index in [1.54, 1.807) is 0 Å². The Balaban J connectivity index is 0.00000363. The van der Waals surface area contributed by atoms with Crippen molar-refractivity contribution in [3.8, 4) is 11.4 Å². The monoisotopic (exact) mass is 464 g/mol. The van der Waals surface area contributed by atoms with Crippen LogP contribution in [0.25, 0.3) is 11.4 Å². The van der Waals surface area contributed by atoms with E-state index in [-0.39, 0.29) is 30.9 Å². The number of aromatic nitrogens is 2. The first-order valence-corrected chi connectivity index (χ1v) is 11.8. The maximum absolute atomic E-state index is 12.1. The van der Waals surface area contributed by atoms with Crippen molar-refractivity contribution < 1.29 is 14.4 Å². The van der Waals surface area contributed by atoms with Gasteiger partial charge >= 0.3 is 0 Å². The van der Waals surface area contributed by atoms with Gasteiger partial charge in [0.05, 0.1) is 18.7 Å². The van der Waals surface area contributed by atoms with Crippen molar-refractivity contribution in [3.63, 3.8) is 0 Å². The van der Waals surface area contributed by atoms with Crippen LogP contribution in [0.3, 0.4) is 0 Å². The molecule has 178 valence electrons. The molecule has 3 N–H and O–H groups in total. The Morgan fingerprint density at radius 2 is 1.81 bits per heavy atom. The van der Waals surface area contributed by atoms with Gasteiger partial charge in [-0.25, -0.2) is 0 Å². The summed E-state index contributed by atoms with van der Waals surface area (Å²) in [7, 11) is 0. The molecule has 8 heteroatoms. The highest BCUT2D eigenvalue weighted by atomic mass is 35.5. The van der Waals surface area contributed by atoms with E-state index in [1.807, 2.05) is 12.1 Å². The van der Waals surface area contributed by atoms with Crippen LogP contribution >= 0.6 is 12.4 Å². The molecule has 2 aromatic rings. The molecule has 1 aromatic carbocycles. The van der Waals surface area contributed by atoms with Crippen molar-refractivity contribution in [2.45, 2.75) is 89.8 Å². The van der Waals surface area contributed by atoms with Crippen LogP contribution in [0, 0.1) is 0 Å². The third kappa shape index (κ3) is 8.52. The smallest absolute Gasteiger partial charge is 0.246 e. The molecule has 7 nitrogen and oxygen atoms in total. The highest BCUT2D eigenvalue weighted by Crippen LogP contribution is 2.18. The molecule has 0 saturated carbocycles. The zero-order chi connectivity index (χ0) is 21.9. The predicted octanol–water partition coefficient (Wildman–Crippen LogP) is 4.18. The summed E-state index contributed by atoms with van der Waals surface area (Å²) < 4.78 is 5.26. The number of nitrogens with one attached hydrogen (secondary N) is 2. The van der Waals surface area contributed by atoms with Gasteiger partial charge < -0.3 is 20.3 Å². The molecule has 0 aliphatic carbocycles. The molecule has 32 heavy (non-hydrogen) atoms. The molecule has 0 spiro atoms. The molecule has 1 aliphatic rings. The van der Waals surface area contributed by atoms with E-state index in [9.17, 15) is 9.90 Å². The quantitative estimate of drug-likeness (QED) is 0.384. The third-order valence-corrected chi connectivity index (χ3v) is 5.84. The zero-order valence-corrected chi connectivity index (χ0v) is 19.8. The maximum atomic E-state index is 12.1. The number of aryl methyl sites for hydroxylation is 1. The van der Waals surface area contributed by atoms with E-state index in [2.05, 4.69) is 39.8 Å². The van der Waals surface area contributed by atoms with Crippen molar-refractivity contribution >= 4 is 18.3 Å². The fourth-order valence-electron chi connectivity index (χ4n) is 3.93. The molecule has 2 atom stereocenters. The highest BCUT2D eigenvalue weighted by Gasteiger charge is 2.28. The fourth-order valence-corrected chi connectivity index (χ4v) is 3.93. The first-order valence-electron chi connectivity index (χ1n) is 11.8. The van der Waals surface area contributed by atoms with Gasteiger partial charge in [0.1, 0.15) is 0 Å². The molecule has 1 amide bonds. The zero-order valence-electron chi connectivity index (χ0n) is 19.0. The minimum absolute atomic E-state index is 0. The Morgan fingerprint density at radius 3 is 2.47 bits per heavy atom. The van der Waals surface area contributed by atoms with Crippen LogP contribution in [0.15, 0.2) is 28.8 Å². The largest absolute Gasteiger partial charge is 0.392 e. The molecular weight excluding hydrogens is 428 g/mol. The molecule has 2 unspecified atom stereocenters. The van der Waals surface area contributed by atoms with Crippen molar-refractivity contribution in [1.29, 1.82) is 0 Å². The molecule has 3 rings (SSSR count). The first kappa shape index (κ1) is 26.3. The molecule has 1 aliphatic heterocycles. The number of β-amino-alcohol motifs (C(OH)–C–C–N with tert-alkyl or cyclic N) is 1. The van der Waals surface area contributed by atoms with Crippen molar-refractivity contribution in [1.82, 2.24) is 20.8 Å². The summed E-state index contributed by atoms with van der Waals surface area (Å²) in [5.41, 5.74) is 2.23. The van der Waals surface area contributed by atoms with Crippen LogP contribution in [0.4, 0.5) is 0 Å². The Bertz CT molecular complexity index is 797. The summed E-state index contributed by atoms with van der Waals surface area (Å²) >= 11 is 0. The van der Waals surface area contributed by atoms with E-state index in [0.29, 0.717) is 24.7 Å². The van der Waals surface area contributed by atoms with Gasteiger partial charge in [0, 0.05) is 12.1 Å². The van der Waals surface area contributed by atoms with Gasteiger partial charge in [0.2, 0.25) is 17.6 Å². The number of carbonyl (C=O) groups excluding carboxylic acids is 1. The van der Waals surface area contributed by atoms with Crippen molar-refractivity contribution in [3.05, 3.63) is 35.7 Å². The summed E-state index contributed by atoms with van der Waals surface area (Å²) in [6, 6.07) is 7.94. The van der Waals surface area contributed by atoms with Crippen LogP contribution in [0.2, 0.25) is 0 Å². The van der Waals surface area contributed by atoms with E-state index >= 15 is 0 Å². The van der Waals surface area contributed by atoms with E-state index in [4.69, 9.17) is 4.52 Å². The summed E-state index contributed by atoms with van der Waals surface area (Å²) in [4.78, 5) is 16.5. The van der Waals surface area contributed by atoms with Crippen LogP contribution in [-0.4, -0.2) is 39.8 Å². The normalized spacial score (nSPS) is 17.8. The molecule has 1 aromatic heterocycles. The molecule has 1 saturated heterocycles. The van der Waals surface area contributed by atoms with Crippen LogP contribution in [0.1, 0.15) is 76.2 Å². The molecule has 0 radical (unpaired) electrons. The predicted molar refractivity (Wildman–Crippen MR) is 128 cm³/mol. The van der Waals surface area contributed by atoms with Gasteiger partial charge in [-0.3, -0.25) is 4.79 Å². The Kier molecular flexibility index (Phi) is 11.7. The Morgan fingerprint density at radius 1 is 1.12 bits per heavy atom. The van der Waals surface area contributed by atoms with E-state index < -0.39 is 6.10 Å². The number of hydrogen-bond acceptors (Lipinski definition) is 6. The number of benzene rings is 1. The average Bonchev–Trinajstić information content (AvgIpc) is 3.44. The number of halogens is 1. The van der Waals surface area contributed by atoms with Gasteiger partial charge in [0.25, 0.3) is 0 Å². The maximum Gasteiger partial charge on any atom is 0.246 e. The average molecular weight is 465 g/mol. The number of amides is 1. The summed E-state index contributed by atoms with van der Waals surface area (Å²) in [5, 5.41) is 19.3. The van der Waals surface area contributed by atoms with Gasteiger partial charge in [-0.05, 0) is 24.8 Å². The molecule has 2 heterocycles. The van der Waals surface area contributed by atoms with Gasteiger partial charge in [-0.15, -0.1) is 12.4 Å². The Labute approximate surface area is 197 Å². The fraction of sp³-hybridized carbons (Fsp3) is 0.625. The Hall–Kier alpha value is -1.96. The van der Waals surface area contributed by atoms with Gasteiger partial charge in [-0.2, -0.15) is 4.98 Å². The van der Waals surface area contributed by atoms with Gasteiger partial charge in [0.15, 0.2) is 0 Å². The molecule has 1 fully saturated rings. The lowest BCUT2D eigenvalue weighted by atomic mass is 10.0. The molecule has 0 bridgehead atoms. The lowest BCUT2D eigenvalue weighted by Gasteiger charge is -2.08. The second-order valence-corrected chi connectivity index (χ2v) is 8.50. The van der Waals surface area contributed by atoms with Crippen molar-refractivity contribution in [2.75, 3.05) is 6.54 Å². The number of hydrogen-bond donors (Lipinski definition) is 3. The van der Waals surface area contributed by atoms with Gasteiger partial charge in [-0.1, -0.05) is 81.3 Å². The number of carbonyl (C=O) groups is 1.